The highest BCUT2D eigenvalue weighted by Crippen LogP contribution is 2.39. The van der Waals surface area contributed by atoms with Crippen molar-refractivity contribution in [3.05, 3.63) is 70.8 Å². The van der Waals surface area contributed by atoms with Crippen LogP contribution in [0.5, 0.6) is 11.5 Å². The number of rotatable bonds is 14. The van der Waals surface area contributed by atoms with Crippen LogP contribution in [0.2, 0.25) is 0 Å². The fourth-order valence-electron chi connectivity index (χ4n) is 4.97. The van der Waals surface area contributed by atoms with Crippen LogP contribution in [-0.4, -0.2) is 10.2 Å². The van der Waals surface area contributed by atoms with Gasteiger partial charge in [0.05, 0.1) is 0 Å². The van der Waals surface area contributed by atoms with Gasteiger partial charge in [-0.05, 0) is 126 Å². The predicted molar refractivity (Wildman–Crippen MR) is 154 cm³/mol. The maximum Gasteiger partial charge on any atom is 0.121 e. The Morgan fingerprint density at radius 2 is 0.972 bits per heavy atom. The van der Waals surface area contributed by atoms with Gasteiger partial charge in [0.15, 0.2) is 0 Å². The van der Waals surface area contributed by atoms with Crippen molar-refractivity contribution in [2.24, 2.45) is 0 Å². The van der Waals surface area contributed by atoms with Gasteiger partial charge in [-0.25, -0.2) is 0 Å². The summed E-state index contributed by atoms with van der Waals surface area (Å²) < 4.78 is 0. The maximum atomic E-state index is 11.0. The first-order chi connectivity index (χ1) is 17.5. The molecule has 3 aromatic carbocycles. The SMILES string of the molecule is CCCCc1cc(-c2[c]cccc2-c2cc(CCCC)c(O)c(CCCC)c2)cc(CCCC)c1O. The van der Waals surface area contributed by atoms with Crippen molar-refractivity contribution in [2.75, 3.05) is 0 Å². The third-order valence-electron chi connectivity index (χ3n) is 7.19. The van der Waals surface area contributed by atoms with E-state index in [-0.39, 0.29) is 0 Å². The zero-order valence-electron chi connectivity index (χ0n) is 22.9. The molecule has 0 heterocycles. The molecular formula is C34H45O2. The summed E-state index contributed by atoms with van der Waals surface area (Å²) >= 11 is 0. The normalized spacial score (nSPS) is 11.2. The molecule has 0 atom stereocenters. The second-order valence-corrected chi connectivity index (χ2v) is 10.2. The number of phenolic OH excluding ortho intramolecular Hbond substituents is 2. The minimum Gasteiger partial charge on any atom is -0.507 e. The van der Waals surface area contributed by atoms with Gasteiger partial charge in [-0.1, -0.05) is 71.6 Å². The van der Waals surface area contributed by atoms with Crippen LogP contribution >= 0.6 is 0 Å². The van der Waals surface area contributed by atoms with Crippen LogP contribution in [0.15, 0.2) is 42.5 Å². The fraction of sp³-hybridized carbons (Fsp3) is 0.471. The molecule has 0 unspecified atom stereocenters. The van der Waals surface area contributed by atoms with Crippen molar-refractivity contribution in [1.82, 2.24) is 0 Å². The van der Waals surface area contributed by atoms with E-state index in [1.807, 2.05) is 6.07 Å². The number of hydrogen-bond acceptors (Lipinski definition) is 2. The van der Waals surface area contributed by atoms with Crippen molar-refractivity contribution in [3.63, 3.8) is 0 Å². The zero-order valence-corrected chi connectivity index (χ0v) is 22.9. The summed E-state index contributed by atoms with van der Waals surface area (Å²) in [6, 6.07) is 18.5. The van der Waals surface area contributed by atoms with Gasteiger partial charge in [0, 0.05) is 0 Å². The van der Waals surface area contributed by atoms with Crippen LogP contribution in [-0.2, 0) is 25.7 Å². The average molecular weight is 486 g/mol. The van der Waals surface area contributed by atoms with Crippen molar-refractivity contribution in [3.8, 4) is 33.8 Å². The Morgan fingerprint density at radius 3 is 1.36 bits per heavy atom. The molecule has 3 rings (SSSR count). The number of aromatic hydroxyl groups is 2. The molecule has 193 valence electrons. The second-order valence-electron chi connectivity index (χ2n) is 10.2. The first-order valence-electron chi connectivity index (χ1n) is 14.2. The number of benzene rings is 3. The maximum absolute atomic E-state index is 11.0. The molecule has 2 heteroatoms. The summed E-state index contributed by atoms with van der Waals surface area (Å²) in [7, 11) is 0. The zero-order chi connectivity index (χ0) is 25.9. The smallest absolute Gasteiger partial charge is 0.121 e. The third kappa shape index (κ3) is 6.93. The molecule has 0 aliphatic rings. The Morgan fingerprint density at radius 1 is 0.583 bits per heavy atom. The Kier molecular flexibility index (Phi) is 10.9. The highest BCUT2D eigenvalue weighted by atomic mass is 16.3. The van der Waals surface area contributed by atoms with E-state index in [0.29, 0.717) is 11.5 Å². The lowest BCUT2D eigenvalue weighted by atomic mass is 9.88. The summed E-state index contributed by atoms with van der Waals surface area (Å²) in [6.07, 6.45) is 12.2. The summed E-state index contributed by atoms with van der Waals surface area (Å²) in [4.78, 5) is 0. The molecule has 0 spiro atoms. The lowest BCUT2D eigenvalue weighted by Crippen LogP contribution is -1.97. The topological polar surface area (TPSA) is 40.5 Å². The molecule has 2 N–H and O–H groups in total. The molecule has 0 bridgehead atoms. The predicted octanol–water partition coefficient (Wildman–Crippen LogP) is 9.60. The standard InChI is InChI=1S/C34H45O2/c1-5-9-15-25-21-29(22-26(33(25)35)16-10-6-2)31-19-13-14-20-32(31)30-23-27(17-11-7-3)34(36)28(24-30)18-12-8-4/h13-14,19,21-24,35-36H,5-12,15-18H2,1-4H3. The number of hydrogen-bond donors (Lipinski definition) is 2. The molecule has 2 nitrogen and oxygen atoms in total. The molecule has 0 aliphatic carbocycles. The van der Waals surface area contributed by atoms with Crippen LogP contribution < -0.4 is 0 Å². The van der Waals surface area contributed by atoms with E-state index in [0.717, 1.165) is 122 Å². The number of unbranched alkanes of at least 4 members (excludes halogenated alkanes) is 4. The van der Waals surface area contributed by atoms with Crippen molar-refractivity contribution < 1.29 is 10.2 Å². The summed E-state index contributed by atoms with van der Waals surface area (Å²) in [5.74, 6) is 0.960. The molecule has 0 fully saturated rings. The summed E-state index contributed by atoms with van der Waals surface area (Å²) in [5, 5.41) is 22.1. The van der Waals surface area contributed by atoms with Gasteiger partial charge in [-0.15, -0.1) is 0 Å². The minimum atomic E-state index is 0.478. The Hall–Kier alpha value is -2.74. The molecule has 0 saturated carbocycles. The van der Waals surface area contributed by atoms with E-state index in [1.54, 1.807) is 0 Å². The lowest BCUT2D eigenvalue weighted by Gasteiger charge is -2.18. The molecule has 1 radical (unpaired) electrons. The molecule has 0 saturated heterocycles. The van der Waals surface area contributed by atoms with Crippen molar-refractivity contribution in [1.29, 1.82) is 0 Å². The van der Waals surface area contributed by atoms with E-state index < -0.39 is 0 Å². The first kappa shape index (κ1) is 27.8. The van der Waals surface area contributed by atoms with Gasteiger partial charge in [-0.2, -0.15) is 0 Å². The molecule has 3 aromatic rings. The van der Waals surface area contributed by atoms with E-state index >= 15 is 0 Å². The average Bonchev–Trinajstić information content (AvgIpc) is 2.90. The molecule has 36 heavy (non-hydrogen) atoms. The highest BCUT2D eigenvalue weighted by molar-refractivity contribution is 5.85. The molecule has 0 aromatic heterocycles. The van der Waals surface area contributed by atoms with Gasteiger partial charge in [-0.3, -0.25) is 0 Å². The molecule has 0 amide bonds. The summed E-state index contributed by atoms with van der Waals surface area (Å²) in [6.45, 7) is 8.78. The monoisotopic (exact) mass is 485 g/mol. The van der Waals surface area contributed by atoms with Crippen LogP contribution in [0, 0.1) is 6.07 Å². The quantitative estimate of drug-likeness (QED) is 0.239. The number of aryl methyl sites for hydroxylation is 4. The highest BCUT2D eigenvalue weighted by Gasteiger charge is 2.17. The van der Waals surface area contributed by atoms with E-state index in [1.165, 1.54) is 0 Å². The third-order valence-corrected chi connectivity index (χ3v) is 7.19. The summed E-state index contributed by atoms with van der Waals surface area (Å²) in [5.41, 5.74) is 8.67. The van der Waals surface area contributed by atoms with E-state index in [9.17, 15) is 10.2 Å². The molecular weight excluding hydrogens is 440 g/mol. The van der Waals surface area contributed by atoms with Crippen LogP contribution in [0.4, 0.5) is 0 Å². The van der Waals surface area contributed by atoms with E-state index in [2.05, 4.69) is 70.2 Å². The van der Waals surface area contributed by atoms with Crippen LogP contribution in [0.3, 0.4) is 0 Å². The van der Waals surface area contributed by atoms with Gasteiger partial charge in [0.25, 0.3) is 0 Å². The van der Waals surface area contributed by atoms with Crippen molar-refractivity contribution >= 4 is 0 Å². The Labute approximate surface area is 219 Å². The van der Waals surface area contributed by atoms with E-state index in [4.69, 9.17) is 0 Å². The Balaban J connectivity index is 2.16. The van der Waals surface area contributed by atoms with Gasteiger partial charge >= 0.3 is 0 Å². The van der Waals surface area contributed by atoms with Gasteiger partial charge < -0.3 is 10.2 Å². The van der Waals surface area contributed by atoms with Gasteiger partial charge in [0.1, 0.15) is 11.5 Å². The minimum absolute atomic E-state index is 0.478. The largest absolute Gasteiger partial charge is 0.507 e. The fourth-order valence-corrected chi connectivity index (χ4v) is 4.97. The van der Waals surface area contributed by atoms with Crippen molar-refractivity contribution in [2.45, 2.75) is 105 Å². The number of phenols is 2. The lowest BCUT2D eigenvalue weighted by molar-refractivity contribution is 0.458. The Bertz CT molecular complexity index is 965. The molecule has 0 aliphatic heterocycles. The van der Waals surface area contributed by atoms with Crippen LogP contribution in [0.25, 0.3) is 22.3 Å². The van der Waals surface area contributed by atoms with Gasteiger partial charge in [0.2, 0.25) is 0 Å². The van der Waals surface area contributed by atoms with Crippen LogP contribution in [0.1, 0.15) is 101 Å². The second kappa shape index (κ2) is 14.1. The first-order valence-corrected chi connectivity index (χ1v) is 14.2.